The molecule has 0 bridgehead atoms. The van der Waals surface area contributed by atoms with Crippen molar-refractivity contribution >= 4 is 0 Å². The lowest BCUT2D eigenvalue weighted by Crippen LogP contribution is -2.49. The zero-order chi connectivity index (χ0) is 10.4. The van der Waals surface area contributed by atoms with Crippen molar-refractivity contribution in [2.24, 2.45) is 0 Å². The lowest BCUT2D eigenvalue weighted by atomic mass is 9.82. The first kappa shape index (κ1) is 12.0. The van der Waals surface area contributed by atoms with Crippen LogP contribution in [0.1, 0.15) is 72.1 Å². The second-order valence-corrected chi connectivity index (χ2v) is 5.16. The molecular formula is C13H27N. The molecule has 1 atom stereocenters. The van der Waals surface area contributed by atoms with E-state index in [1.54, 1.807) is 0 Å². The zero-order valence-corrected chi connectivity index (χ0v) is 10.2. The van der Waals surface area contributed by atoms with Gasteiger partial charge in [0.05, 0.1) is 0 Å². The monoisotopic (exact) mass is 197 g/mol. The van der Waals surface area contributed by atoms with Gasteiger partial charge in [-0.15, -0.1) is 0 Å². The van der Waals surface area contributed by atoms with Gasteiger partial charge < -0.3 is 5.32 Å². The first-order valence-corrected chi connectivity index (χ1v) is 6.48. The van der Waals surface area contributed by atoms with E-state index >= 15 is 0 Å². The summed E-state index contributed by atoms with van der Waals surface area (Å²) in [5.41, 5.74) is 0.452. The number of nitrogens with one attached hydrogen (secondary N) is 1. The Labute approximate surface area is 89.7 Å². The summed E-state index contributed by atoms with van der Waals surface area (Å²) in [6.07, 6.45) is 11.0. The van der Waals surface area contributed by atoms with Gasteiger partial charge >= 0.3 is 0 Å². The Hall–Kier alpha value is -0.0400. The molecule has 1 fully saturated rings. The SMILES string of the molecule is CCCC(CC)NC1(C)CCCCC1. The van der Waals surface area contributed by atoms with E-state index in [9.17, 15) is 0 Å². The Bertz CT molecular complexity index is 147. The summed E-state index contributed by atoms with van der Waals surface area (Å²) in [5, 5.41) is 3.88. The third-order valence-electron chi connectivity index (χ3n) is 3.64. The normalized spacial score (nSPS) is 23.4. The van der Waals surface area contributed by atoms with E-state index in [4.69, 9.17) is 0 Å². The molecule has 1 aliphatic carbocycles. The maximum absolute atomic E-state index is 3.88. The van der Waals surface area contributed by atoms with Crippen LogP contribution in [-0.2, 0) is 0 Å². The average Bonchev–Trinajstić information content (AvgIpc) is 2.18. The van der Waals surface area contributed by atoms with Crippen molar-refractivity contribution in [3.63, 3.8) is 0 Å². The van der Waals surface area contributed by atoms with E-state index in [0.717, 1.165) is 6.04 Å². The minimum atomic E-state index is 0.452. The molecule has 0 heterocycles. The third-order valence-corrected chi connectivity index (χ3v) is 3.64. The molecule has 1 heteroatoms. The largest absolute Gasteiger partial charge is 0.309 e. The first-order valence-electron chi connectivity index (χ1n) is 6.48. The van der Waals surface area contributed by atoms with Crippen molar-refractivity contribution in [3.05, 3.63) is 0 Å². The van der Waals surface area contributed by atoms with E-state index in [1.807, 2.05) is 0 Å². The molecule has 0 amide bonds. The van der Waals surface area contributed by atoms with Crippen LogP contribution in [0.3, 0.4) is 0 Å². The summed E-state index contributed by atoms with van der Waals surface area (Å²) in [7, 11) is 0. The van der Waals surface area contributed by atoms with Gasteiger partial charge in [-0.1, -0.05) is 39.5 Å². The van der Waals surface area contributed by atoms with Crippen LogP contribution in [0.15, 0.2) is 0 Å². The molecular weight excluding hydrogens is 170 g/mol. The summed E-state index contributed by atoms with van der Waals surface area (Å²) in [6.45, 7) is 7.01. The van der Waals surface area contributed by atoms with Crippen LogP contribution in [0.5, 0.6) is 0 Å². The fraction of sp³-hybridized carbons (Fsp3) is 1.00. The van der Waals surface area contributed by atoms with Crippen molar-refractivity contribution < 1.29 is 0 Å². The maximum atomic E-state index is 3.88. The molecule has 0 spiro atoms. The smallest absolute Gasteiger partial charge is 0.0155 e. The predicted octanol–water partition coefficient (Wildman–Crippen LogP) is 3.88. The standard InChI is InChI=1S/C13H27N/c1-4-9-12(5-2)14-13(3)10-7-6-8-11-13/h12,14H,4-11H2,1-3H3. The fourth-order valence-electron chi connectivity index (χ4n) is 2.70. The van der Waals surface area contributed by atoms with Crippen LogP contribution in [-0.4, -0.2) is 11.6 Å². The van der Waals surface area contributed by atoms with E-state index in [0.29, 0.717) is 5.54 Å². The van der Waals surface area contributed by atoms with Gasteiger partial charge in [-0.25, -0.2) is 0 Å². The number of rotatable bonds is 5. The van der Waals surface area contributed by atoms with Crippen molar-refractivity contribution in [1.82, 2.24) is 5.32 Å². The van der Waals surface area contributed by atoms with Crippen molar-refractivity contribution in [2.75, 3.05) is 0 Å². The average molecular weight is 197 g/mol. The molecule has 0 aromatic carbocycles. The quantitative estimate of drug-likeness (QED) is 0.705. The van der Waals surface area contributed by atoms with Crippen LogP contribution in [0.25, 0.3) is 0 Å². The Morgan fingerprint density at radius 3 is 2.29 bits per heavy atom. The fourth-order valence-corrected chi connectivity index (χ4v) is 2.70. The van der Waals surface area contributed by atoms with Gasteiger partial charge in [0.1, 0.15) is 0 Å². The van der Waals surface area contributed by atoms with Gasteiger partial charge in [0, 0.05) is 11.6 Å². The van der Waals surface area contributed by atoms with Gasteiger partial charge in [-0.3, -0.25) is 0 Å². The number of hydrogen-bond donors (Lipinski definition) is 1. The molecule has 14 heavy (non-hydrogen) atoms. The van der Waals surface area contributed by atoms with Crippen molar-refractivity contribution in [3.8, 4) is 0 Å². The Morgan fingerprint density at radius 2 is 1.79 bits per heavy atom. The third kappa shape index (κ3) is 3.61. The molecule has 1 rings (SSSR count). The molecule has 0 aliphatic heterocycles. The molecule has 0 aromatic rings. The molecule has 1 unspecified atom stereocenters. The van der Waals surface area contributed by atoms with Gasteiger partial charge in [-0.2, -0.15) is 0 Å². The lowest BCUT2D eigenvalue weighted by molar-refractivity contribution is 0.219. The van der Waals surface area contributed by atoms with E-state index in [1.165, 1.54) is 51.4 Å². The predicted molar refractivity (Wildman–Crippen MR) is 63.6 cm³/mol. The topological polar surface area (TPSA) is 12.0 Å². The molecule has 1 aliphatic rings. The van der Waals surface area contributed by atoms with Gasteiger partial charge in [-0.05, 0) is 32.6 Å². The molecule has 84 valence electrons. The summed E-state index contributed by atoms with van der Waals surface area (Å²) in [4.78, 5) is 0. The van der Waals surface area contributed by atoms with Gasteiger partial charge in [0.2, 0.25) is 0 Å². The molecule has 0 saturated heterocycles. The first-order chi connectivity index (χ1) is 6.70. The maximum Gasteiger partial charge on any atom is 0.0155 e. The second kappa shape index (κ2) is 5.75. The van der Waals surface area contributed by atoms with E-state index in [-0.39, 0.29) is 0 Å². The van der Waals surface area contributed by atoms with Crippen molar-refractivity contribution in [1.29, 1.82) is 0 Å². The van der Waals surface area contributed by atoms with E-state index in [2.05, 4.69) is 26.1 Å². The summed E-state index contributed by atoms with van der Waals surface area (Å²) in [5.74, 6) is 0. The van der Waals surface area contributed by atoms with E-state index < -0.39 is 0 Å². The highest BCUT2D eigenvalue weighted by Gasteiger charge is 2.27. The summed E-state index contributed by atoms with van der Waals surface area (Å²) >= 11 is 0. The molecule has 1 saturated carbocycles. The lowest BCUT2D eigenvalue weighted by Gasteiger charge is -2.38. The highest BCUT2D eigenvalue weighted by atomic mass is 15.0. The molecule has 1 N–H and O–H groups in total. The van der Waals surface area contributed by atoms with Crippen LogP contribution in [0, 0.1) is 0 Å². The van der Waals surface area contributed by atoms with Gasteiger partial charge in [0.15, 0.2) is 0 Å². The summed E-state index contributed by atoms with van der Waals surface area (Å²) < 4.78 is 0. The highest BCUT2D eigenvalue weighted by Crippen LogP contribution is 2.28. The minimum absolute atomic E-state index is 0.452. The Balaban J connectivity index is 2.38. The zero-order valence-electron chi connectivity index (χ0n) is 10.2. The van der Waals surface area contributed by atoms with Crippen LogP contribution < -0.4 is 5.32 Å². The molecule has 1 nitrogen and oxygen atoms in total. The van der Waals surface area contributed by atoms with Crippen molar-refractivity contribution in [2.45, 2.75) is 83.7 Å². The summed E-state index contributed by atoms with van der Waals surface area (Å²) in [6, 6.07) is 0.753. The minimum Gasteiger partial charge on any atom is -0.309 e. The Kier molecular flexibility index (Phi) is 4.94. The molecule has 0 aromatic heterocycles. The Morgan fingerprint density at radius 1 is 1.14 bits per heavy atom. The second-order valence-electron chi connectivity index (χ2n) is 5.16. The van der Waals surface area contributed by atoms with Crippen LogP contribution in [0.2, 0.25) is 0 Å². The molecule has 0 radical (unpaired) electrons. The highest BCUT2D eigenvalue weighted by molar-refractivity contribution is 4.88. The van der Waals surface area contributed by atoms with Gasteiger partial charge in [0.25, 0.3) is 0 Å². The number of hydrogen-bond acceptors (Lipinski definition) is 1. The van der Waals surface area contributed by atoms with Crippen LogP contribution in [0.4, 0.5) is 0 Å². The van der Waals surface area contributed by atoms with Crippen LogP contribution >= 0.6 is 0 Å².